The van der Waals surface area contributed by atoms with Crippen LogP contribution in [0.3, 0.4) is 0 Å². The summed E-state index contributed by atoms with van der Waals surface area (Å²) in [5.74, 6) is 0.367. The number of carbonyl (C=O) groups excluding carboxylic acids is 2. The van der Waals surface area contributed by atoms with Crippen LogP contribution in [0.1, 0.15) is 34.1 Å². The molecule has 0 spiro atoms. The Kier molecular flexibility index (Phi) is 6.57. The number of aryl methyl sites for hydroxylation is 1. The van der Waals surface area contributed by atoms with E-state index in [2.05, 4.69) is 15.5 Å². The van der Waals surface area contributed by atoms with Gasteiger partial charge in [0.2, 0.25) is 5.91 Å². The van der Waals surface area contributed by atoms with E-state index in [1.807, 2.05) is 18.2 Å². The lowest BCUT2D eigenvalue weighted by molar-refractivity contribution is -0.113. The Morgan fingerprint density at radius 2 is 2.10 bits per heavy atom. The predicted molar refractivity (Wildman–Crippen MR) is 118 cm³/mol. The van der Waals surface area contributed by atoms with Crippen LogP contribution in [0.15, 0.2) is 33.9 Å². The number of fused-ring (bicyclic) bond motifs is 1. The quantitative estimate of drug-likeness (QED) is 0.395. The second-order valence-electron chi connectivity index (χ2n) is 6.69. The minimum absolute atomic E-state index is 0.0678. The van der Waals surface area contributed by atoms with Crippen LogP contribution in [0.4, 0.5) is 5.00 Å². The monoisotopic (exact) mass is 459 g/mol. The van der Waals surface area contributed by atoms with Crippen molar-refractivity contribution in [1.29, 1.82) is 0 Å². The van der Waals surface area contributed by atoms with Crippen molar-refractivity contribution in [3.63, 3.8) is 0 Å². The minimum atomic E-state index is -0.386. The van der Waals surface area contributed by atoms with Gasteiger partial charge in [-0.3, -0.25) is 4.79 Å². The molecule has 1 aliphatic carbocycles. The van der Waals surface area contributed by atoms with Gasteiger partial charge in [-0.25, -0.2) is 4.79 Å². The fraction of sp³-hybridized carbons (Fsp3) is 0.333. The summed E-state index contributed by atoms with van der Waals surface area (Å²) in [6.45, 7) is 2.06. The fourth-order valence-electron chi connectivity index (χ4n) is 3.40. The Morgan fingerprint density at radius 3 is 2.90 bits per heavy atom. The zero-order chi connectivity index (χ0) is 21.8. The molecule has 0 aliphatic heterocycles. The Morgan fingerprint density at radius 1 is 1.26 bits per heavy atom. The van der Waals surface area contributed by atoms with Gasteiger partial charge < -0.3 is 19.2 Å². The molecular formula is C21H21N3O5S2. The maximum Gasteiger partial charge on any atom is 0.341 e. The summed E-state index contributed by atoms with van der Waals surface area (Å²) < 4.78 is 16.2. The Hall–Kier alpha value is -2.85. The van der Waals surface area contributed by atoms with E-state index >= 15 is 0 Å². The zero-order valence-corrected chi connectivity index (χ0v) is 18.7. The molecule has 0 radical (unpaired) electrons. The number of anilines is 1. The summed E-state index contributed by atoms with van der Waals surface area (Å²) >= 11 is 2.58. The van der Waals surface area contributed by atoms with E-state index in [1.54, 1.807) is 20.1 Å². The van der Waals surface area contributed by atoms with E-state index in [4.69, 9.17) is 13.9 Å². The van der Waals surface area contributed by atoms with E-state index in [9.17, 15) is 9.59 Å². The number of thiophene rings is 1. The molecular weight excluding hydrogens is 438 g/mol. The molecule has 0 atom stereocenters. The summed E-state index contributed by atoms with van der Waals surface area (Å²) in [7, 11) is 1.57. The van der Waals surface area contributed by atoms with E-state index in [0.29, 0.717) is 34.4 Å². The highest BCUT2D eigenvalue weighted by Crippen LogP contribution is 2.39. The number of rotatable bonds is 8. The molecule has 3 aromatic rings. The van der Waals surface area contributed by atoms with Gasteiger partial charge in [0.05, 0.1) is 30.6 Å². The molecule has 10 heteroatoms. The van der Waals surface area contributed by atoms with Gasteiger partial charge in [0, 0.05) is 4.88 Å². The lowest BCUT2D eigenvalue weighted by Crippen LogP contribution is -2.16. The second kappa shape index (κ2) is 9.52. The first-order chi connectivity index (χ1) is 15.1. The van der Waals surface area contributed by atoms with Crippen LogP contribution in [-0.2, 0) is 22.4 Å². The first-order valence-electron chi connectivity index (χ1n) is 9.82. The van der Waals surface area contributed by atoms with Crippen LogP contribution in [0.2, 0.25) is 0 Å². The number of methoxy groups -OCH3 is 1. The maximum atomic E-state index is 12.5. The number of esters is 1. The van der Waals surface area contributed by atoms with Gasteiger partial charge in [-0.2, -0.15) is 0 Å². The first kappa shape index (κ1) is 21.4. The number of nitrogens with zero attached hydrogens (tertiary/aromatic N) is 2. The van der Waals surface area contributed by atoms with Crippen molar-refractivity contribution in [2.45, 2.75) is 31.4 Å². The molecule has 31 heavy (non-hydrogen) atoms. The Balaban J connectivity index is 1.42. The molecule has 0 unspecified atom stereocenters. The molecule has 1 N–H and O–H groups in total. The zero-order valence-electron chi connectivity index (χ0n) is 17.1. The molecule has 162 valence electrons. The molecule has 1 aliphatic rings. The number of aromatic nitrogens is 2. The molecule has 0 saturated carbocycles. The third-order valence-corrected chi connectivity index (χ3v) is 6.75. The Bertz CT molecular complexity index is 1110. The van der Waals surface area contributed by atoms with Gasteiger partial charge in [0.25, 0.3) is 11.1 Å². The number of ether oxygens (including phenoxy) is 2. The van der Waals surface area contributed by atoms with Crippen LogP contribution in [0, 0.1) is 0 Å². The molecule has 2 aromatic heterocycles. The molecule has 0 saturated heterocycles. The number of amides is 1. The van der Waals surface area contributed by atoms with Gasteiger partial charge in [-0.05, 0) is 43.9 Å². The molecule has 0 bridgehead atoms. The summed E-state index contributed by atoms with van der Waals surface area (Å²) in [5, 5.41) is 11.7. The van der Waals surface area contributed by atoms with Crippen LogP contribution < -0.4 is 10.1 Å². The van der Waals surface area contributed by atoms with Crippen LogP contribution in [-0.4, -0.2) is 41.5 Å². The first-order valence-corrected chi connectivity index (χ1v) is 11.6. The minimum Gasteiger partial charge on any atom is -0.496 e. The lowest BCUT2D eigenvalue weighted by atomic mass is 10.1. The summed E-state index contributed by atoms with van der Waals surface area (Å²) in [4.78, 5) is 26.1. The van der Waals surface area contributed by atoms with Crippen LogP contribution >= 0.6 is 23.1 Å². The van der Waals surface area contributed by atoms with Gasteiger partial charge in [-0.1, -0.05) is 23.9 Å². The highest BCUT2D eigenvalue weighted by molar-refractivity contribution is 7.99. The number of nitrogens with one attached hydrogen (secondary N) is 1. The average molecular weight is 460 g/mol. The lowest BCUT2D eigenvalue weighted by Gasteiger charge is -2.07. The van der Waals surface area contributed by atoms with Crippen molar-refractivity contribution in [3.8, 4) is 17.2 Å². The highest BCUT2D eigenvalue weighted by Gasteiger charge is 2.28. The Labute approximate surface area is 187 Å². The smallest absolute Gasteiger partial charge is 0.341 e. The highest BCUT2D eigenvalue weighted by atomic mass is 32.2. The van der Waals surface area contributed by atoms with E-state index in [0.717, 1.165) is 41.5 Å². The van der Waals surface area contributed by atoms with E-state index < -0.39 is 0 Å². The van der Waals surface area contributed by atoms with Gasteiger partial charge in [0.1, 0.15) is 10.8 Å². The van der Waals surface area contributed by atoms with Gasteiger partial charge in [0.15, 0.2) is 0 Å². The van der Waals surface area contributed by atoms with Gasteiger partial charge in [-0.15, -0.1) is 21.5 Å². The number of thioether (sulfide) groups is 1. The van der Waals surface area contributed by atoms with Crippen molar-refractivity contribution in [2.75, 3.05) is 24.8 Å². The van der Waals surface area contributed by atoms with Crippen molar-refractivity contribution in [1.82, 2.24) is 10.2 Å². The average Bonchev–Trinajstić information content (AvgIpc) is 3.48. The molecule has 0 fully saturated rings. The van der Waals surface area contributed by atoms with Crippen molar-refractivity contribution < 1.29 is 23.5 Å². The second-order valence-corrected chi connectivity index (χ2v) is 8.72. The molecule has 1 aromatic carbocycles. The summed E-state index contributed by atoms with van der Waals surface area (Å²) in [6.07, 6.45) is 2.77. The SMILES string of the molecule is CCOC(=O)c1c(NC(=O)CSc2nnc(-c3ccccc3OC)o2)sc2c1CCC2. The largest absolute Gasteiger partial charge is 0.496 e. The van der Waals surface area contributed by atoms with Crippen molar-refractivity contribution in [2.24, 2.45) is 0 Å². The number of carbonyl (C=O) groups is 2. The van der Waals surface area contributed by atoms with Crippen LogP contribution in [0.5, 0.6) is 5.75 Å². The van der Waals surface area contributed by atoms with E-state index in [-0.39, 0.29) is 22.9 Å². The third-order valence-electron chi connectivity index (χ3n) is 4.72. The topological polar surface area (TPSA) is 104 Å². The van der Waals surface area contributed by atoms with E-state index in [1.165, 1.54) is 11.3 Å². The fourth-order valence-corrected chi connectivity index (χ4v) is 5.26. The van der Waals surface area contributed by atoms with Crippen molar-refractivity contribution >= 4 is 40.0 Å². The predicted octanol–water partition coefficient (Wildman–Crippen LogP) is 4.20. The molecule has 1 amide bonds. The van der Waals surface area contributed by atoms with Gasteiger partial charge >= 0.3 is 5.97 Å². The van der Waals surface area contributed by atoms with Crippen molar-refractivity contribution in [3.05, 3.63) is 40.3 Å². The molecule has 4 rings (SSSR count). The molecule has 2 heterocycles. The number of hydrogen-bond acceptors (Lipinski definition) is 9. The number of para-hydroxylation sites is 1. The summed E-state index contributed by atoms with van der Waals surface area (Å²) in [6, 6.07) is 7.32. The standard InChI is InChI=1S/C21H21N3O5S2/c1-3-28-20(26)17-13-8-6-10-15(13)31-19(17)22-16(25)11-30-21-24-23-18(29-21)12-7-4-5-9-14(12)27-2/h4-5,7,9H,3,6,8,10-11H2,1-2H3,(H,22,25). The number of benzene rings is 1. The summed E-state index contributed by atoms with van der Waals surface area (Å²) in [5.41, 5.74) is 2.18. The van der Waals surface area contributed by atoms with Crippen LogP contribution in [0.25, 0.3) is 11.5 Å². The third kappa shape index (κ3) is 4.59. The molecule has 8 nitrogen and oxygen atoms in total. The maximum absolute atomic E-state index is 12.5. The normalized spacial score (nSPS) is 12.5. The number of hydrogen-bond donors (Lipinski definition) is 1.